The fourth-order valence-corrected chi connectivity index (χ4v) is 5.69. The summed E-state index contributed by atoms with van der Waals surface area (Å²) in [6, 6.07) is 19.3. The molecule has 0 aromatic heterocycles. The molecule has 3 heteroatoms. The molecule has 0 amide bonds. The molecule has 3 nitrogen and oxygen atoms in total. The van der Waals surface area contributed by atoms with E-state index in [-0.39, 0.29) is 5.97 Å². The van der Waals surface area contributed by atoms with Crippen LogP contribution in [0.1, 0.15) is 31.2 Å². The number of carbonyl (C=O) groups excluding carboxylic acids is 1. The van der Waals surface area contributed by atoms with Gasteiger partial charge in [-0.1, -0.05) is 66.8 Å². The van der Waals surface area contributed by atoms with Gasteiger partial charge in [0.05, 0.1) is 6.04 Å². The Balaban J connectivity index is 1.32. The number of piperidine rings is 1. The highest BCUT2D eigenvalue weighted by atomic mass is 16.6. The molecule has 2 fully saturated rings. The van der Waals surface area contributed by atoms with E-state index in [1.165, 1.54) is 24.0 Å². The number of hydrogen-bond donors (Lipinski definition) is 0. The second kappa shape index (κ2) is 6.72. The summed E-state index contributed by atoms with van der Waals surface area (Å²) in [5.74, 6) is 6.49. The van der Waals surface area contributed by atoms with E-state index >= 15 is 0 Å². The molecule has 6 rings (SSSR count). The Labute approximate surface area is 177 Å². The largest absolute Gasteiger partial charge is 0.449 e. The van der Waals surface area contributed by atoms with Crippen LogP contribution in [-0.2, 0) is 9.53 Å². The highest BCUT2D eigenvalue weighted by molar-refractivity contribution is 5.90. The summed E-state index contributed by atoms with van der Waals surface area (Å²) in [6.07, 6.45) is 8.35. The molecule has 1 spiro atoms. The smallest absolute Gasteiger partial charge is 0.332 e. The molecule has 0 N–H and O–H groups in total. The molecule has 0 radical (unpaired) electrons. The van der Waals surface area contributed by atoms with E-state index in [2.05, 4.69) is 71.3 Å². The first-order chi connectivity index (χ1) is 14.7. The van der Waals surface area contributed by atoms with Gasteiger partial charge < -0.3 is 4.74 Å². The van der Waals surface area contributed by atoms with Gasteiger partial charge in [0, 0.05) is 35.2 Å². The molecular weight excluding hydrogens is 370 g/mol. The maximum atomic E-state index is 12.3. The van der Waals surface area contributed by atoms with Crippen molar-refractivity contribution in [3.63, 3.8) is 0 Å². The first-order valence-corrected chi connectivity index (χ1v) is 10.8. The Morgan fingerprint density at radius 1 is 0.967 bits per heavy atom. The van der Waals surface area contributed by atoms with E-state index in [0.717, 1.165) is 36.1 Å². The molecule has 2 aromatic rings. The third kappa shape index (κ3) is 2.68. The zero-order valence-corrected chi connectivity index (χ0v) is 16.8. The zero-order valence-electron chi connectivity index (χ0n) is 16.8. The summed E-state index contributed by atoms with van der Waals surface area (Å²) in [5.41, 5.74) is 4.87. The number of hydrogen-bond acceptors (Lipinski definition) is 3. The van der Waals surface area contributed by atoms with Crippen LogP contribution in [0.5, 0.6) is 0 Å². The van der Waals surface area contributed by atoms with Crippen LogP contribution in [0.25, 0.3) is 11.1 Å². The lowest BCUT2D eigenvalue weighted by Crippen LogP contribution is -2.48. The van der Waals surface area contributed by atoms with Gasteiger partial charge in [0.2, 0.25) is 0 Å². The van der Waals surface area contributed by atoms with Gasteiger partial charge in [-0.25, -0.2) is 4.79 Å². The van der Waals surface area contributed by atoms with E-state index in [1.807, 2.05) is 6.07 Å². The maximum Gasteiger partial charge on any atom is 0.332 e. The van der Waals surface area contributed by atoms with Crippen molar-refractivity contribution in [3.05, 3.63) is 83.5 Å². The molecule has 0 saturated carbocycles. The molecule has 3 unspecified atom stereocenters. The van der Waals surface area contributed by atoms with Crippen molar-refractivity contribution >= 4 is 5.97 Å². The molecule has 3 atom stereocenters. The summed E-state index contributed by atoms with van der Waals surface area (Å²) < 4.78 is 5.98. The lowest BCUT2D eigenvalue weighted by Gasteiger charge is -2.38. The SMILES string of the molecule is O=C1C=C2C(C#Cc3ccc(-c4ccccc4)cc3)=CC3CC2(O1)C1CCCCN31. The van der Waals surface area contributed by atoms with Crippen LogP contribution in [0.3, 0.4) is 0 Å². The summed E-state index contributed by atoms with van der Waals surface area (Å²) in [5, 5.41) is 0. The Bertz CT molecular complexity index is 1130. The predicted molar refractivity (Wildman–Crippen MR) is 116 cm³/mol. The second-order valence-corrected chi connectivity index (χ2v) is 8.66. The number of fused-ring (bicyclic) bond motifs is 3. The first-order valence-electron chi connectivity index (χ1n) is 10.8. The van der Waals surface area contributed by atoms with Crippen molar-refractivity contribution in [2.75, 3.05) is 6.54 Å². The summed E-state index contributed by atoms with van der Waals surface area (Å²) in [4.78, 5) is 14.8. The third-order valence-electron chi connectivity index (χ3n) is 7.00. The minimum absolute atomic E-state index is 0.210. The molecule has 2 saturated heterocycles. The average molecular weight is 393 g/mol. The Kier molecular flexibility index (Phi) is 3.97. The van der Waals surface area contributed by atoms with Gasteiger partial charge in [-0.2, -0.15) is 0 Å². The highest BCUT2D eigenvalue weighted by Gasteiger charge is 2.61. The highest BCUT2D eigenvalue weighted by Crippen LogP contribution is 2.53. The third-order valence-corrected chi connectivity index (χ3v) is 7.00. The molecule has 148 valence electrons. The standard InChI is InChI=1S/C27H23NO2/c29-26-17-24-22(16-23-18-27(24,30-26)25-8-4-5-15-28(23)25)14-11-19-9-12-21(13-10-19)20-6-2-1-3-7-20/h1-3,6-7,9-10,12-13,16-17,23,25H,4-5,8,15,18H2. The quantitative estimate of drug-likeness (QED) is 0.528. The van der Waals surface area contributed by atoms with E-state index < -0.39 is 5.60 Å². The monoisotopic (exact) mass is 393 g/mol. The second-order valence-electron chi connectivity index (χ2n) is 8.66. The van der Waals surface area contributed by atoms with Crippen molar-refractivity contribution in [2.45, 2.75) is 43.4 Å². The number of esters is 1. The van der Waals surface area contributed by atoms with Crippen LogP contribution in [-0.4, -0.2) is 35.1 Å². The van der Waals surface area contributed by atoms with Crippen LogP contribution in [0.2, 0.25) is 0 Å². The zero-order chi connectivity index (χ0) is 20.1. The van der Waals surface area contributed by atoms with Gasteiger partial charge in [0.25, 0.3) is 0 Å². The van der Waals surface area contributed by atoms with Crippen molar-refractivity contribution in [2.24, 2.45) is 0 Å². The van der Waals surface area contributed by atoms with Crippen LogP contribution < -0.4 is 0 Å². The molecule has 2 bridgehead atoms. The number of carbonyl (C=O) groups is 1. The summed E-state index contributed by atoms with van der Waals surface area (Å²) in [7, 11) is 0. The fourth-order valence-electron chi connectivity index (χ4n) is 5.69. The normalized spacial score (nSPS) is 29.1. The van der Waals surface area contributed by atoms with Crippen molar-refractivity contribution in [1.82, 2.24) is 4.90 Å². The Morgan fingerprint density at radius 2 is 1.77 bits per heavy atom. The van der Waals surface area contributed by atoms with Crippen LogP contribution in [0, 0.1) is 11.8 Å². The van der Waals surface area contributed by atoms with Gasteiger partial charge in [-0.3, -0.25) is 4.90 Å². The molecule has 1 aliphatic carbocycles. The fraction of sp³-hybridized carbons (Fsp3) is 0.296. The van der Waals surface area contributed by atoms with E-state index in [0.29, 0.717) is 12.1 Å². The molecule has 4 aliphatic rings. The van der Waals surface area contributed by atoms with Gasteiger partial charge in [-0.15, -0.1) is 0 Å². The van der Waals surface area contributed by atoms with Crippen LogP contribution in [0.4, 0.5) is 0 Å². The average Bonchev–Trinajstić information content (AvgIpc) is 3.27. The van der Waals surface area contributed by atoms with Crippen molar-refractivity contribution in [3.8, 4) is 23.0 Å². The molecule has 30 heavy (non-hydrogen) atoms. The van der Waals surface area contributed by atoms with Gasteiger partial charge in [0.1, 0.15) is 0 Å². The van der Waals surface area contributed by atoms with E-state index in [1.54, 1.807) is 6.08 Å². The van der Waals surface area contributed by atoms with Crippen molar-refractivity contribution in [1.29, 1.82) is 0 Å². The van der Waals surface area contributed by atoms with Crippen LogP contribution >= 0.6 is 0 Å². The molecule has 2 aromatic carbocycles. The van der Waals surface area contributed by atoms with Gasteiger partial charge >= 0.3 is 5.97 Å². The van der Waals surface area contributed by atoms with Gasteiger partial charge in [0.15, 0.2) is 5.60 Å². The lowest BCUT2D eigenvalue weighted by atomic mass is 9.77. The molecular formula is C27H23NO2. The Morgan fingerprint density at radius 3 is 2.60 bits per heavy atom. The summed E-state index contributed by atoms with van der Waals surface area (Å²) in [6.45, 7) is 1.08. The number of benzene rings is 2. The molecule has 3 aliphatic heterocycles. The first kappa shape index (κ1) is 17.7. The van der Waals surface area contributed by atoms with Gasteiger partial charge in [-0.05, 0) is 42.6 Å². The number of nitrogens with zero attached hydrogens (tertiary/aromatic N) is 1. The number of ether oxygens (including phenoxy) is 1. The van der Waals surface area contributed by atoms with Crippen molar-refractivity contribution < 1.29 is 9.53 Å². The molecule has 3 heterocycles. The lowest BCUT2D eigenvalue weighted by molar-refractivity contribution is -0.148. The Hall–Kier alpha value is -3.09. The number of rotatable bonds is 1. The van der Waals surface area contributed by atoms with E-state index in [4.69, 9.17) is 4.74 Å². The minimum atomic E-state index is -0.474. The topological polar surface area (TPSA) is 29.5 Å². The minimum Gasteiger partial charge on any atom is -0.449 e. The predicted octanol–water partition coefficient (Wildman–Crippen LogP) is 4.49. The maximum absolute atomic E-state index is 12.3. The van der Waals surface area contributed by atoms with Crippen LogP contribution in [0.15, 0.2) is 77.9 Å². The van der Waals surface area contributed by atoms with E-state index in [9.17, 15) is 4.79 Å². The summed E-state index contributed by atoms with van der Waals surface area (Å²) >= 11 is 0.